The normalized spacial score (nSPS) is 27.4. The molecule has 2 aliphatic rings. The molecular weight excluding hydrogens is 258 g/mol. The van der Waals surface area contributed by atoms with Crippen LogP contribution < -0.4 is 0 Å². The summed E-state index contributed by atoms with van der Waals surface area (Å²) < 4.78 is 0. The number of aliphatic hydroxyl groups excluding tert-OH is 1. The highest BCUT2D eigenvalue weighted by molar-refractivity contribution is 5.94. The number of hydrogen-bond acceptors (Lipinski definition) is 3. The van der Waals surface area contributed by atoms with E-state index in [9.17, 15) is 19.8 Å². The van der Waals surface area contributed by atoms with Gasteiger partial charge in [0.15, 0.2) is 0 Å². The Kier molecular flexibility index (Phi) is 3.01. The van der Waals surface area contributed by atoms with Crippen molar-refractivity contribution in [2.24, 2.45) is 0 Å². The Morgan fingerprint density at radius 3 is 2.40 bits per heavy atom. The summed E-state index contributed by atoms with van der Waals surface area (Å²) in [6.07, 6.45) is 0.863. The number of aliphatic hydroxyl groups is 1. The molecule has 5 nitrogen and oxygen atoms in total. The lowest BCUT2D eigenvalue weighted by atomic mass is 9.94. The molecule has 1 saturated carbocycles. The average molecular weight is 275 g/mol. The highest BCUT2D eigenvalue weighted by Crippen LogP contribution is 2.50. The molecule has 1 saturated heterocycles. The number of aliphatic carboxylic acids is 1. The predicted octanol–water partition coefficient (Wildman–Crippen LogP) is 0.765. The lowest BCUT2D eigenvalue weighted by Crippen LogP contribution is -2.45. The number of β-amino-alcohol motifs (C(OH)–C–C–N with tert-alkyl or cyclic N) is 1. The van der Waals surface area contributed by atoms with E-state index < -0.39 is 23.5 Å². The second-order valence-electron chi connectivity index (χ2n) is 5.65. The molecule has 2 atom stereocenters. The molecule has 0 radical (unpaired) electrons. The van der Waals surface area contributed by atoms with Crippen LogP contribution in [0.25, 0.3) is 0 Å². The number of nitrogens with zero attached hydrogens (tertiary/aromatic N) is 1. The second kappa shape index (κ2) is 4.59. The fraction of sp³-hybridized carbons (Fsp3) is 0.467. The third-order valence-corrected chi connectivity index (χ3v) is 4.31. The standard InChI is InChI=1S/C15H17NO4/c17-11-8-12(13(18)19)16(9-11)14(20)15(6-7-15)10-4-2-1-3-5-10/h1-5,11-12,17H,6-9H2,(H,18,19)/t11-,12-/m1/s1. The zero-order valence-corrected chi connectivity index (χ0v) is 11.0. The van der Waals surface area contributed by atoms with Crippen molar-refractivity contribution in [3.05, 3.63) is 35.9 Å². The molecule has 1 aliphatic carbocycles. The smallest absolute Gasteiger partial charge is 0.326 e. The van der Waals surface area contributed by atoms with Gasteiger partial charge in [-0.15, -0.1) is 0 Å². The number of carbonyl (C=O) groups is 2. The zero-order chi connectivity index (χ0) is 14.3. The third-order valence-electron chi connectivity index (χ3n) is 4.31. The molecular formula is C15H17NO4. The largest absolute Gasteiger partial charge is 0.480 e. The van der Waals surface area contributed by atoms with E-state index in [0.29, 0.717) is 0 Å². The number of likely N-dealkylation sites (tertiary alicyclic amines) is 1. The van der Waals surface area contributed by atoms with E-state index >= 15 is 0 Å². The molecule has 5 heteroatoms. The Balaban J connectivity index is 1.87. The van der Waals surface area contributed by atoms with Crippen LogP contribution in [0.5, 0.6) is 0 Å². The average Bonchev–Trinajstić information content (AvgIpc) is 3.16. The van der Waals surface area contributed by atoms with Crippen molar-refractivity contribution < 1.29 is 19.8 Å². The monoisotopic (exact) mass is 275 g/mol. The van der Waals surface area contributed by atoms with E-state index in [0.717, 1.165) is 18.4 Å². The van der Waals surface area contributed by atoms with Crippen molar-refractivity contribution in [1.82, 2.24) is 4.90 Å². The number of carboxylic acids is 1. The van der Waals surface area contributed by atoms with Gasteiger partial charge >= 0.3 is 5.97 Å². The number of benzene rings is 1. The summed E-state index contributed by atoms with van der Waals surface area (Å²) in [6.45, 7) is 0.115. The minimum absolute atomic E-state index is 0.115. The zero-order valence-electron chi connectivity index (χ0n) is 11.0. The molecule has 20 heavy (non-hydrogen) atoms. The van der Waals surface area contributed by atoms with Gasteiger partial charge in [0.25, 0.3) is 0 Å². The third kappa shape index (κ3) is 1.98. The van der Waals surface area contributed by atoms with Gasteiger partial charge < -0.3 is 15.1 Å². The van der Waals surface area contributed by atoms with Crippen molar-refractivity contribution in [2.75, 3.05) is 6.54 Å². The molecule has 1 heterocycles. The van der Waals surface area contributed by atoms with Crippen molar-refractivity contribution in [3.63, 3.8) is 0 Å². The SMILES string of the molecule is O=C(O)[C@H]1C[C@@H](O)CN1C(=O)C1(c2ccccc2)CC1. The molecule has 106 valence electrons. The van der Waals surface area contributed by atoms with Gasteiger partial charge in [0.1, 0.15) is 6.04 Å². The first-order valence-electron chi connectivity index (χ1n) is 6.82. The van der Waals surface area contributed by atoms with E-state index in [4.69, 9.17) is 0 Å². The van der Waals surface area contributed by atoms with Crippen LogP contribution in [-0.2, 0) is 15.0 Å². The maximum absolute atomic E-state index is 12.7. The molecule has 0 aromatic heterocycles. The summed E-state index contributed by atoms with van der Waals surface area (Å²) in [5.74, 6) is -1.20. The Labute approximate surface area is 116 Å². The molecule has 2 N–H and O–H groups in total. The molecule has 1 aliphatic heterocycles. The van der Waals surface area contributed by atoms with Crippen molar-refractivity contribution in [1.29, 1.82) is 0 Å². The first-order valence-corrected chi connectivity index (χ1v) is 6.82. The topological polar surface area (TPSA) is 77.8 Å². The van der Waals surface area contributed by atoms with E-state index in [2.05, 4.69) is 0 Å². The number of hydrogen-bond donors (Lipinski definition) is 2. The summed E-state index contributed by atoms with van der Waals surface area (Å²) in [6, 6.07) is 8.58. The van der Waals surface area contributed by atoms with E-state index in [1.807, 2.05) is 30.3 Å². The second-order valence-corrected chi connectivity index (χ2v) is 5.65. The molecule has 0 bridgehead atoms. The Bertz CT molecular complexity index is 538. The van der Waals surface area contributed by atoms with Crippen LogP contribution in [0.3, 0.4) is 0 Å². The van der Waals surface area contributed by atoms with Crippen molar-refractivity contribution in [3.8, 4) is 0 Å². The summed E-state index contributed by atoms with van der Waals surface area (Å²) in [5, 5.41) is 18.9. The highest BCUT2D eigenvalue weighted by Gasteiger charge is 2.55. The molecule has 1 aromatic carbocycles. The van der Waals surface area contributed by atoms with Crippen LogP contribution in [0.2, 0.25) is 0 Å². The van der Waals surface area contributed by atoms with Crippen molar-refractivity contribution in [2.45, 2.75) is 36.8 Å². The Hall–Kier alpha value is -1.88. The lowest BCUT2D eigenvalue weighted by Gasteiger charge is -2.26. The number of amides is 1. The van der Waals surface area contributed by atoms with Crippen LogP contribution in [0.4, 0.5) is 0 Å². The minimum Gasteiger partial charge on any atom is -0.480 e. The number of rotatable bonds is 3. The highest BCUT2D eigenvalue weighted by atomic mass is 16.4. The molecule has 3 rings (SSSR count). The van der Waals surface area contributed by atoms with E-state index in [1.54, 1.807) is 0 Å². The minimum atomic E-state index is -1.04. The van der Waals surface area contributed by atoms with Crippen LogP contribution >= 0.6 is 0 Å². The molecule has 1 aromatic rings. The van der Waals surface area contributed by atoms with Crippen LogP contribution in [0, 0.1) is 0 Å². The summed E-state index contributed by atoms with van der Waals surface area (Å²) >= 11 is 0. The Morgan fingerprint density at radius 1 is 1.20 bits per heavy atom. The summed E-state index contributed by atoms with van der Waals surface area (Å²) in [5.41, 5.74) is 0.370. The van der Waals surface area contributed by atoms with E-state index in [1.165, 1.54) is 4.90 Å². The van der Waals surface area contributed by atoms with Gasteiger partial charge in [-0.2, -0.15) is 0 Å². The molecule has 2 fully saturated rings. The van der Waals surface area contributed by atoms with Crippen LogP contribution in [0.15, 0.2) is 30.3 Å². The first-order chi connectivity index (χ1) is 9.54. The van der Waals surface area contributed by atoms with Crippen molar-refractivity contribution >= 4 is 11.9 Å². The van der Waals surface area contributed by atoms with Crippen LogP contribution in [-0.4, -0.2) is 45.7 Å². The summed E-state index contributed by atoms with van der Waals surface area (Å²) in [4.78, 5) is 25.3. The molecule has 0 spiro atoms. The maximum Gasteiger partial charge on any atom is 0.326 e. The number of carboxylic acid groups (broad SMARTS) is 1. The summed E-state index contributed by atoms with van der Waals surface area (Å²) in [7, 11) is 0. The van der Waals surface area contributed by atoms with Gasteiger partial charge in [-0.3, -0.25) is 4.79 Å². The fourth-order valence-corrected chi connectivity index (χ4v) is 3.06. The van der Waals surface area contributed by atoms with Gasteiger partial charge in [0.05, 0.1) is 11.5 Å². The lowest BCUT2D eigenvalue weighted by molar-refractivity contribution is -0.149. The number of carbonyl (C=O) groups excluding carboxylic acids is 1. The van der Waals surface area contributed by atoms with Gasteiger partial charge in [-0.1, -0.05) is 30.3 Å². The van der Waals surface area contributed by atoms with Gasteiger partial charge in [-0.05, 0) is 18.4 Å². The van der Waals surface area contributed by atoms with Crippen LogP contribution in [0.1, 0.15) is 24.8 Å². The van der Waals surface area contributed by atoms with Gasteiger partial charge in [-0.25, -0.2) is 4.79 Å². The first kappa shape index (κ1) is 13.1. The maximum atomic E-state index is 12.7. The van der Waals surface area contributed by atoms with Gasteiger partial charge in [0.2, 0.25) is 5.91 Å². The predicted molar refractivity (Wildman–Crippen MR) is 71.1 cm³/mol. The molecule has 0 unspecified atom stereocenters. The Morgan fingerprint density at radius 2 is 1.85 bits per heavy atom. The van der Waals surface area contributed by atoms with Gasteiger partial charge in [0, 0.05) is 13.0 Å². The quantitative estimate of drug-likeness (QED) is 0.854. The molecule has 1 amide bonds. The van der Waals surface area contributed by atoms with E-state index in [-0.39, 0.29) is 18.9 Å². The fourth-order valence-electron chi connectivity index (χ4n) is 3.06.